The number of rotatable bonds is 10. The van der Waals surface area contributed by atoms with Gasteiger partial charge in [0.15, 0.2) is 5.13 Å². The highest BCUT2D eigenvalue weighted by atomic mass is 32.1. The highest BCUT2D eigenvalue weighted by Gasteiger charge is 2.19. The molecule has 0 spiro atoms. The van der Waals surface area contributed by atoms with Crippen molar-refractivity contribution in [1.82, 2.24) is 9.55 Å². The minimum absolute atomic E-state index is 0.468. The van der Waals surface area contributed by atoms with Crippen LogP contribution in [0.2, 0.25) is 0 Å². The highest BCUT2D eigenvalue weighted by Crippen LogP contribution is 2.31. The fraction of sp³-hybridized carbons (Fsp3) is 0.333. The van der Waals surface area contributed by atoms with Gasteiger partial charge in [-0.05, 0) is 30.7 Å². The molecular weight excluding hydrogens is 404 g/mol. The van der Waals surface area contributed by atoms with Crippen molar-refractivity contribution in [2.24, 2.45) is 5.73 Å². The molecule has 3 aromatic rings. The molecule has 160 valence electrons. The summed E-state index contributed by atoms with van der Waals surface area (Å²) >= 11 is 1.50. The van der Waals surface area contributed by atoms with E-state index in [1.54, 1.807) is 27.4 Å². The number of hydrogen-bond donors (Lipinski definition) is 2. The summed E-state index contributed by atoms with van der Waals surface area (Å²) in [5.41, 5.74) is 9.42. The molecule has 2 heterocycles. The number of amides is 1. The Morgan fingerprint density at radius 1 is 1.17 bits per heavy atom. The second kappa shape index (κ2) is 9.64. The van der Waals surface area contributed by atoms with Crippen molar-refractivity contribution < 1.29 is 19.0 Å². The smallest absolute Gasteiger partial charge is 0.250 e. The predicted octanol–water partition coefficient (Wildman–Crippen LogP) is 3.14. The van der Waals surface area contributed by atoms with Crippen molar-refractivity contribution in [2.75, 3.05) is 39.8 Å². The Labute approximate surface area is 179 Å². The number of ether oxygens (including phenoxy) is 3. The van der Waals surface area contributed by atoms with Crippen molar-refractivity contribution in [1.29, 1.82) is 0 Å². The van der Waals surface area contributed by atoms with Gasteiger partial charge < -0.3 is 29.8 Å². The number of nitrogens with zero attached hydrogens (tertiary/aromatic N) is 2. The molecule has 9 heteroatoms. The van der Waals surface area contributed by atoms with Gasteiger partial charge >= 0.3 is 0 Å². The quantitative estimate of drug-likeness (QED) is 0.479. The molecule has 0 saturated carbocycles. The Morgan fingerprint density at radius 2 is 1.87 bits per heavy atom. The molecule has 1 aromatic carbocycles. The van der Waals surface area contributed by atoms with Crippen LogP contribution in [0.5, 0.6) is 11.5 Å². The maximum absolute atomic E-state index is 12.0. The summed E-state index contributed by atoms with van der Waals surface area (Å²) in [4.78, 5) is 16.6. The zero-order valence-corrected chi connectivity index (χ0v) is 18.3. The average Bonchev–Trinajstić information content (AvgIpc) is 3.33. The lowest BCUT2D eigenvalue weighted by Gasteiger charge is -2.13. The van der Waals surface area contributed by atoms with Crippen LogP contribution in [0.3, 0.4) is 0 Å². The molecule has 2 aromatic heterocycles. The molecule has 0 atom stereocenters. The standard InChI is InChI=1S/C21H26N4O4S/c1-13-17(20(22)26)10-19(18-12-30-21(24-18)23-5-6-27-2)25(13)11-14-7-15(28-3)9-16(8-14)29-4/h7-10,12H,5-6,11H2,1-4H3,(H2,22,26)(H,23,24). The van der Waals surface area contributed by atoms with Crippen molar-refractivity contribution in [3.8, 4) is 22.9 Å². The van der Waals surface area contributed by atoms with Crippen LogP contribution in [0.1, 0.15) is 21.6 Å². The fourth-order valence-corrected chi connectivity index (χ4v) is 3.92. The third kappa shape index (κ3) is 4.74. The Morgan fingerprint density at radius 3 is 2.47 bits per heavy atom. The van der Waals surface area contributed by atoms with Gasteiger partial charge in [-0.25, -0.2) is 4.98 Å². The largest absolute Gasteiger partial charge is 0.497 e. The van der Waals surface area contributed by atoms with Crippen molar-refractivity contribution in [3.63, 3.8) is 0 Å². The SMILES string of the molecule is COCCNc1nc(-c2cc(C(N)=O)c(C)n2Cc2cc(OC)cc(OC)c2)cs1. The van der Waals surface area contributed by atoms with Gasteiger partial charge in [-0.15, -0.1) is 11.3 Å². The number of anilines is 1. The van der Waals surface area contributed by atoms with E-state index in [1.807, 2.05) is 35.1 Å². The summed E-state index contributed by atoms with van der Waals surface area (Å²) in [5.74, 6) is 0.928. The lowest BCUT2D eigenvalue weighted by atomic mass is 10.2. The van der Waals surface area contributed by atoms with Crippen LogP contribution in [0.15, 0.2) is 29.6 Å². The van der Waals surface area contributed by atoms with Gasteiger partial charge in [0.05, 0.1) is 37.8 Å². The molecule has 0 aliphatic rings. The maximum Gasteiger partial charge on any atom is 0.250 e. The maximum atomic E-state index is 12.0. The van der Waals surface area contributed by atoms with E-state index in [2.05, 4.69) is 10.3 Å². The normalized spacial score (nSPS) is 10.8. The van der Waals surface area contributed by atoms with E-state index in [4.69, 9.17) is 19.9 Å². The van der Waals surface area contributed by atoms with Crippen LogP contribution >= 0.6 is 11.3 Å². The van der Waals surface area contributed by atoms with E-state index in [9.17, 15) is 4.79 Å². The second-order valence-corrected chi connectivity index (χ2v) is 7.52. The molecule has 0 fully saturated rings. The summed E-state index contributed by atoms with van der Waals surface area (Å²) in [6, 6.07) is 7.49. The van der Waals surface area contributed by atoms with Crippen molar-refractivity contribution in [2.45, 2.75) is 13.5 Å². The summed E-state index contributed by atoms with van der Waals surface area (Å²) in [5, 5.41) is 5.97. The first kappa shape index (κ1) is 21.7. The fourth-order valence-electron chi connectivity index (χ4n) is 3.18. The van der Waals surface area contributed by atoms with Crippen LogP contribution < -0.4 is 20.5 Å². The van der Waals surface area contributed by atoms with Gasteiger partial charge in [-0.2, -0.15) is 0 Å². The van der Waals surface area contributed by atoms with E-state index in [1.165, 1.54) is 11.3 Å². The topological polar surface area (TPSA) is 101 Å². The zero-order valence-electron chi connectivity index (χ0n) is 17.5. The first-order chi connectivity index (χ1) is 14.5. The van der Waals surface area contributed by atoms with E-state index in [0.29, 0.717) is 36.8 Å². The minimum atomic E-state index is -0.468. The Hall–Kier alpha value is -3.04. The van der Waals surface area contributed by atoms with Crippen LogP contribution in [-0.2, 0) is 11.3 Å². The average molecular weight is 431 g/mol. The summed E-state index contributed by atoms with van der Waals surface area (Å²) in [6.07, 6.45) is 0. The van der Waals surface area contributed by atoms with Gasteiger partial charge in [0.2, 0.25) is 0 Å². The molecule has 0 unspecified atom stereocenters. The number of nitrogens with two attached hydrogens (primary N) is 1. The van der Waals surface area contributed by atoms with Gasteiger partial charge in [0.1, 0.15) is 11.5 Å². The third-order valence-corrected chi connectivity index (χ3v) is 5.53. The summed E-state index contributed by atoms with van der Waals surface area (Å²) in [6.45, 7) is 3.64. The lowest BCUT2D eigenvalue weighted by Crippen LogP contribution is -2.13. The molecule has 1 amide bonds. The summed E-state index contributed by atoms with van der Waals surface area (Å²) < 4.78 is 17.9. The predicted molar refractivity (Wildman–Crippen MR) is 118 cm³/mol. The number of carbonyl (C=O) groups is 1. The van der Waals surface area contributed by atoms with Crippen LogP contribution in [0.25, 0.3) is 11.4 Å². The molecule has 0 bridgehead atoms. The van der Waals surface area contributed by atoms with Gasteiger partial charge in [0, 0.05) is 37.3 Å². The van der Waals surface area contributed by atoms with E-state index in [-0.39, 0.29) is 0 Å². The van der Waals surface area contributed by atoms with Crippen molar-refractivity contribution in [3.05, 3.63) is 46.5 Å². The van der Waals surface area contributed by atoms with Gasteiger partial charge in [-0.1, -0.05) is 0 Å². The van der Waals surface area contributed by atoms with Crippen LogP contribution in [0, 0.1) is 6.92 Å². The first-order valence-corrected chi connectivity index (χ1v) is 10.2. The minimum Gasteiger partial charge on any atom is -0.497 e. The van der Waals surface area contributed by atoms with E-state index < -0.39 is 5.91 Å². The molecule has 3 N–H and O–H groups in total. The Balaban J connectivity index is 1.99. The monoisotopic (exact) mass is 430 g/mol. The number of methoxy groups -OCH3 is 3. The van der Waals surface area contributed by atoms with E-state index in [0.717, 1.165) is 27.8 Å². The lowest BCUT2D eigenvalue weighted by molar-refractivity contribution is 0.0999. The second-order valence-electron chi connectivity index (χ2n) is 6.66. The molecule has 30 heavy (non-hydrogen) atoms. The molecule has 3 rings (SSSR count). The van der Waals surface area contributed by atoms with Crippen LogP contribution in [-0.4, -0.2) is 49.9 Å². The highest BCUT2D eigenvalue weighted by molar-refractivity contribution is 7.14. The number of primary amides is 1. The molecule has 0 saturated heterocycles. The van der Waals surface area contributed by atoms with E-state index >= 15 is 0 Å². The molecule has 0 aliphatic heterocycles. The third-order valence-electron chi connectivity index (χ3n) is 4.73. The number of carbonyl (C=O) groups excluding carboxylic acids is 1. The molecular formula is C21H26N4O4S. The molecule has 0 radical (unpaired) electrons. The number of aromatic nitrogens is 2. The molecule has 8 nitrogen and oxygen atoms in total. The van der Waals surface area contributed by atoms with Gasteiger partial charge in [-0.3, -0.25) is 4.79 Å². The van der Waals surface area contributed by atoms with Crippen LogP contribution in [0.4, 0.5) is 5.13 Å². The number of thiazole rings is 1. The number of benzene rings is 1. The molecule has 0 aliphatic carbocycles. The zero-order chi connectivity index (χ0) is 21.7. The Bertz CT molecular complexity index is 1010. The van der Waals surface area contributed by atoms with Crippen molar-refractivity contribution >= 4 is 22.4 Å². The number of nitrogens with one attached hydrogen (secondary N) is 1. The first-order valence-electron chi connectivity index (χ1n) is 9.37. The van der Waals surface area contributed by atoms with Gasteiger partial charge in [0.25, 0.3) is 5.91 Å². The summed E-state index contributed by atoms with van der Waals surface area (Å²) in [7, 11) is 4.89. The Kier molecular flexibility index (Phi) is 6.96. The number of hydrogen-bond acceptors (Lipinski definition) is 7.